The van der Waals surface area contributed by atoms with Gasteiger partial charge in [0.15, 0.2) is 0 Å². The van der Waals surface area contributed by atoms with Crippen LogP contribution in [0.15, 0.2) is 18.2 Å². The fraction of sp³-hybridized carbons (Fsp3) is 0.462. The van der Waals surface area contributed by atoms with Crippen molar-refractivity contribution in [3.8, 4) is 0 Å². The molecule has 1 heterocycles. The Morgan fingerprint density at radius 3 is 3.00 bits per heavy atom. The molecule has 2 rings (SSSR count). The van der Waals surface area contributed by atoms with Crippen molar-refractivity contribution in [1.82, 2.24) is 4.90 Å². The zero-order valence-electron chi connectivity index (χ0n) is 11.6. The lowest BCUT2D eigenvalue weighted by molar-refractivity contribution is -0.383. The zero-order chi connectivity index (χ0) is 15.4. The first-order valence-corrected chi connectivity index (χ1v) is 6.54. The molecule has 8 heteroatoms. The number of carbonyl (C=O) groups excluding carboxylic acids is 1. The quantitative estimate of drug-likeness (QED) is 0.618. The normalized spacial score (nSPS) is 18.4. The second-order valence-electron chi connectivity index (χ2n) is 4.65. The number of nitro benzene ring substituents is 1. The summed E-state index contributed by atoms with van der Waals surface area (Å²) in [7, 11) is 1.56. The topological polar surface area (TPSA) is 105 Å². The van der Waals surface area contributed by atoms with E-state index >= 15 is 0 Å². The van der Waals surface area contributed by atoms with Gasteiger partial charge >= 0.3 is 0 Å². The van der Waals surface area contributed by atoms with Crippen LogP contribution in [0.5, 0.6) is 0 Å². The first kappa shape index (κ1) is 15.2. The highest BCUT2D eigenvalue weighted by molar-refractivity contribution is 5.96. The van der Waals surface area contributed by atoms with Gasteiger partial charge < -0.3 is 20.1 Å². The molecular weight excluding hydrogens is 278 g/mol. The Balaban J connectivity index is 2.28. The summed E-state index contributed by atoms with van der Waals surface area (Å²) in [5.41, 5.74) is 0.527. The molecular formula is C13H17N3O5. The Morgan fingerprint density at radius 1 is 1.62 bits per heavy atom. The third kappa shape index (κ3) is 3.11. The highest BCUT2D eigenvalue weighted by Gasteiger charge is 2.28. The van der Waals surface area contributed by atoms with E-state index in [0.29, 0.717) is 18.7 Å². The van der Waals surface area contributed by atoms with Crippen LogP contribution in [0.25, 0.3) is 0 Å². The number of benzene rings is 1. The van der Waals surface area contributed by atoms with E-state index in [1.54, 1.807) is 7.05 Å². The van der Waals surface area contributed by atoms with E-state index in [9.17, 15) is 20.0 Å². The average Bonchev–Trinajstić information content (AvgIpc) is 2.53. The van der Waals surface area contributed by atoms with Gasteiger partial charge in [-0.15, -0.1) is 0 Å². The summed E-state index contributed by atoms with van der Waals surface area (Å²) in [4.78, 5) is 24.4. The van der Waals surface area contributed by atoms with E-state index in [4.69, 9.17) is 4.74 Å². The lowest BCUT2D eigenvalue weighted by atomic mass is 10.1. The Labute approximate surface area is 121 Å². The molecule has 21 heavy (non-hydrogen) atoms. The summed E-state index contributed by atoms with van der Waals surface area (Å²) < 4.78 is 5.23. The average molecular weight is 295 g/mol. The molecule has 1 aliphatic heterocycles. The van der Waals surface area contributed by atoms with Crippen molar-refractivity contribution < 1.29 is 19.6 Å². The van der Waals surface area contributed by atoms with E-state index in [1.165, 1.54) is 23.1 Å². The minimum absolute atomic E-state index is 0.0882. The molecule has 1 aromatic rings. The van der Waals surface area contributed by atoms with Crippen LogP contribution >= 0.6 is 0 Å². The molecule has 1 fully saturated rings. The van der Waals surface area contributed by atoms with Crippen LogP contribution in [0.4, 0.5) is 11.4 Å². The molecule has 1 amide bonds. The number of nitrogens with one attached hydrogen (secondary N) is 1. The Morgan fingerprint density at radius 2 is 2.38 bits per heavy atom. The van der Waals surface area contributed by atoms with Gasteiger partial charge in [0.25, 0.3) is 11.6 Å². The second kappa shape index (κ2) is 6.51. The van der Waals surface area contributed by atoms with Crippen molar-refractivity contribution in [2.24, 2.45) is 0 Å². The standard InChI is InChI=1S/C13H17N3O5/c1-14-11-6-9(2-3-12(11)16(19)20)13(18)15-4-5-21-8-10(15)7-17/h2-3,6,10,14,17H,4-5,7-8H2,1H3. The largest absolute Gasteiger partial charge is 0.394 e. The summed E-state index contributed by atoms with van der Waals surface area (Å²) in [6.07, 6.45) is 0. The number of aliphatic hydroxyl groups is 1. The van der Waals surface area contributed by atoms with Gasteiger partial charge in [0.1, 0.15) is 5.69 Å². The molecule has 2 N–H and O–H groups in total. The minimum atomic E-state index is -0.509. The molecule has 1 aromatic carbocycles. The predicted molar refractivity (Wildman–Crippen MR) is 75.4 cm³/mol. The van der Waals surface area contributed by atoms with Gasteiger partial charge in [-0.25, -0.2) is 0 Å². The highest BCUT2D eigenvalue weighted by Crippen LogP contribution is 2.26. The number of nitrogens with zero attached hydrogens (tertiary/aromatic N) is 2. The number of hydrogen-bond donors (Lipinski definition) is 2. The van der Waals surface area contributed by atoms with Crippen LogP contribution in [0.2, 0.25) is 0 Å². The number of ether oxygens (including phenoxy) is 1. The maximum Gasteiger partial charge on any atom is 0.292 e. The summed E-state index contributed by atoms with van der Waals surface area (Å²) in [6.45, 7) is 0.899. The van der Waals surface area contributed by atoms with Crippen LogP contribution in [0, 0.1) is 10.1 Å². The molecule has 0 radical (unpaired) electrons. The number of anilines is 1. The number of aliphatic hydroxyl groups excluding tert-OH is 1. The first-order chi connectivity index (χ1) is 10.1. The van der Waals surface area contributed by atoms with Gasteiger partial charge in [-0.2, -0.15) is 0 Å². The maximum absolute atomic E-state index is 12.5. The van der Waals surface area contributed by atoms with Crippen molar-refractivity contribution >= 4 is 17.3 Å². The van der Waals surface area contributed by atoms with Crippen LogP contribution < -0.4 is 5.32 Å². The SMILES string of the molecule is CNc1cc(C(=O)N2CCOCC2CO)ccc1[N+](=O)[O-]. The smallest absolute Gasteiger partial charge is 0.292 e. The van der Waals surface area contributed by atoms with Crippen molar-refractivity contribution in [2.45, 2.75) is 6.04 Å². The molecule has 0 aromatic heterocycles. The van der Waals surface area contributed by atoms with Gasteiger partial charge in [-0.1, -0.05) is 0 Å². The van der Waals surface area contributed by atoms with E-state index < -0.39 is 4.92 Å². The second-order valence-corrected chi connectivity index (χ2v) is 4.65. The monoisotopic (exact) mass is 295 g/mol. The number of carbonyl (C=O) groups is 1. The molecule has 0 spiro atoms. The molecule has 1 aliphatic rings. The summed E-state index contributed by atoms with van der Waals surface area (Å²) in [5, 5.41) is 22.9. The molecule has 1 unspecified atom stereocenters. The molecule has 8 nitrogen and oxygen atoms in total. The number of nitro groups is 1. The predicted octanol–water partition coefficient (Wildman–Crippen LogP) is 0.470. The molecule has 0 bridgehead atoms. The zero-order valence-corrected chi connectivity index (χ0v) is 11.6. The molecule has 1 atom stereocenters. The van der Waals surface area contributed by atoms with E-state index in [-0.39, 0.29) is 36.5 Å². The molecule has 0 aliphatic carbocycles. The summed E-state index contributed by atoms with van der Waals surface area (Å²) in [6, 6.07) is 3.78. The fourth-order valence-electron chi connectivity index (χ4n) is 2.27. The van der Waals surface area contributed by atoms with E-state index in [0.717, 1.165) is 0 Å². The minimum Gasteiger partial charge on any atom is -0.394 e. The van der Waals surface area contributed by atoms with E-state index in [1.807, 2.05) is 0 Å². The maximum atomic E-state index is 12.5. The van der Waals surface area contributed by atoms with Gasteiger partial charge in [-0.3, -0.25) is 14.9 Å². The van der Waals surface area contributed by atoms with Gasteiger partial charge in [0, 0.05) is 25.2 Å². The third-order valence-corrected chi connectivity index (χ3v) is 3.41. The van der Waals surface area contributed by atoms with Crippen molar-refractivity contribution in [3.05, 3.63) is 33.9 Å². The van der Waals surface area contributed by atoms with Crippen molar-refractivity contribution in [1.29, 1.82) is 0 Å². The molecule has 1 saturated heterocycles. The lowest BCUT2D eigenvalue weighted by Crippen LogP contribution is -2.50. The van der Waals surface area contributed by atoms with Crippen molar-refractivity contribution in [2.75, 3.05) is 38.7 Å². The third-order valence-electron chi connectivity index (χ3n) is 3.41. The summed E-state index contributed by atoms with van der Waals surface area (Å²) >= 11 is 0. The van der Waals surface area contributed by atoms with Gasteiger partial charge in [0.05, 0.1) is 30.8 Å². The van der Waals surface area contributed by atoms with Crippen LogP contribution in [-0.4, -0.2) is 60.3 Å². The number of morpholine rings is 1. The number of hydrogen-bond acceptors (Lipinski definition) is 6. The first-order valence-electron chi connectivity index (χ1n) is 6.54. The molecule has 0 saturated carbocycles. The fourth-order valence-corrected chi connectivity index (χ4v) is 2.27. The number of amides is 1. The van der Waals surface area contributed by atoms with E-state index in [2.05, 4.69) is 5.32 Å². The molecule has 114 valence electrons. The Bertz CT molecular complexity index is 549. The highest BCUT2D eigenvalue weighted by atomic mass is 16.6. The van der Waals surface area contributed by atoms with Crippen LogP contribution in [0.3, 0.4) is 0 Å². The number of rotatable bonds is 4. The van der Waals surface area contributed by atoms with Crippen molar-refractivity contribution in [3.63, 3.8) is 0 Å². The Hall–Kier alpha value is -2.19. The van der Waals surface area contributed by atoms with Gasteiger partial charge in [0.2, 0.25) is 0 Å². The van der Waals surface area contributed by atoms with Crippen LogP contribution in [-0.2, 0) is 4.74 Å². The lowest BCUT2D eigenvalue weighted by Gasteiger charge is -2.34. The summed E-state index contributed by atoms with van der Waals surface area (Å²) in [5.74, 6) is -0.274. The van der Waals surface area contributed by atoms with Crippen LogP contribution in [0.1, 0.15) is 10.4 Å². The van der Waals surface area contributed by atoms with Gasteiger partial charge in [-0.05, 0) is 12.1 Å². The Kier molecular flexibility index (Phi) is 4.71.